The van der Waals surface area contributed by atoms with Crippen LogP contribution in [0.3, 0.4) is 0 Å². The number of benzene rings is 2. The monoisotopic (exact) mass is 469 g/mol. The fraction of sp³-hybridized carbons (Fsp3) is 0.350. The lowest BCUT2D eigenvalue weighted by Gasteiger charge is -2.15. The second kappa shape index (κ2) is 10.2. The number of aryl methyl sites for hydroxylation is 1. The van der Waals surface area contributed by atoms with Crippen molar-refractivity contribution in [3.05, 3.63) is 48.0 Å². The van der Waals surface area contributed by atoms with Crippen LogP contribution in [0.5, 0.6) is 5.75 Å². The average molecular weight is 470 g/mol. The number of rotatable bonds is 10. The normalized spacial score (nSPS) is 12.0. The van der Waals surface area contributed by atoms with E-state index in [0.717, 1.165) is 4.31 Å². The highest BCUT2D eigenvalue weighted by Crippen LogP contribution is 2.22. The number of sulfonamides is 2. The lowest BCUT2D eigenvalue weighted by molar-refractivity contribution is -0.116. The topological polar surface area (TPSA) is 122 Å². The van der Waals surface area contributed by atoms with Gasteiger partial charge in [0.2, 0.25) is 26.0 Å². The summed E-state index contributed by atoms with van der Waals surface area (Å²) in [5, 5.41) is 2.59. The van der Waals surface area contributed by atoms with Crippen LogP contribution in [-0.4, -0.2) is 54.3 Å². The summed E-state index contributed by atoms with van der Waals surface area (Å²) >= 11 is 0. The van der Waals surface area contributed by atoms with E-state index >= 15 is 0 Å². The van der Waals surface area contributed by atoms with Crippen LogP contribution in [0.1, 0.15) is 18.9 Å². The number of nitrogens with zero attached hydrogens (tertiary/aromatic N) is 1. The summed E-state index contributed by atoms with van der Waals surface area (Å²) in [5.74, 6) is 0.112. The predicted molar refractivity (Wildman–Crippen MR) is 118 cm³/mol. The average Bonchev–Trinajstić information content (AvgIpc) is 2.69. The highest BCUT2D eigenvalue weighted by atomic mass is 32.2. The maximum absolute atomic E-state index is 12.4. The van der Waals surface area contributed by atoms with Crippen molar-refractivity contribution in [1.29, 1.82) is 0 Å². The smallest absolute Gasteiger partial charge is 0.242 e. The molecular formula is C20H27N3O6S2. The maximum atomic E-state index is 12.4. The van der Waals surface area contributed by atoms with E-state index < -0.39 is 26.0 Å². The van der Waals surface area contributed by atoms with E-state index in [4.69, 9.17) is 4.74 Å². The quantitative estimate of drug-likeness (QED) is 0.548. The molecule has 0 heterocycles. The summed E-state index contributed by atoms with van der Waals surface area (Å²) in [6.45, 7) is 3.85. The lowest BCUT2D eigenvalue weighted by Crippen LogP contribution is -2.28. The predicted octanol–water partition coefficient (Wildman–Crippen LogP) is 1.95. The lowest BCUT2D eigenvalue weighted by atomic mass is 10.2. The Morgan fingerprint density at radius 2 is 1.68 bits per heavy atom. The summed E-state index contributed by atoms with van der Waals surface area (Å²) in [6.07, 6.45) is -0.125. The summed E-state index contributed by atoms with van der Waals surface area (Å²) in [5.41, 5.74) is 0.861. The molecule has 0 atom stereocenters. The van der Waals surface area contributed by atoms with Gasteiger partial charge in [-0.3, -0.25) is 4.79 Å². The van der Waals surface area contributed by atoms with E-state index in [-0.39, 0.29) is 22.8 Å². The van der Waals surface area contributed by atoms with E-state index in [1.54, 1.807) is 31.2 Å². The summed E-state index contributed by atoms with van der Waals surface area (Å²) in [7, 11) is -4.58. The number of hydrogen-bond acceptors (Lipinski definition) is 6. The van der Waals surface area contributed by atoms with Gasteiger partial charge in [0.1, 0.15) is 5.75 Å². The zero-order valence-electron chi connectivity index (χ0n) is 17.9. The van der Waals surface area contributed by atoms with Crippen molar-refractivity contribution in [3.63, 3.8) is 0 Å². The molecule has 1 amide bonds. The molecule has 9 nitrogen and oxygen atoms in total. The molecule has 0 saturated heterocycles. The van der Waals surface area contributed by atoms with E-state index in [1.165, 1.54) is 32.3 Å². The molecule has 0 radical (unpaired) electrons. The molecule has 0 aliphatic rings. The number of amides is 1. The summed E-state index contributed by atoms with van der Waals surface area (Å²) in [4.78, 5) is 12.4. The van der Waals surface area contributed by atoms with E-state index in [0.29, 0.717) is 23.6 Å². The molecule has 0 aliphatic heterocycles. The van der Waals surface area contributed by atoms with Crippen LogP contribution < -0.4 is 14.8 Å². The zero-order valence-corrected chi connectivity index (χ0v) is 19.5. The van der Waals surface area contributed by atoms with Gasteiger partial charge in [-0.2, -0.15) is 0 Å². The Kier molecular flexibility index (Phi) is 8.18. The molecule has 11 heteroatoms. The van der Waals surface area contributed by atoms with Gasteiger partial charge in [0, 0.05) is 32.7 Å². The third-order valence-corrected chi connectivity index (χ3v) is 7.75. The Morgan fingerprint density at radius 3 is 2.26 bits per heavy atom. The van der Waals surface area contributed by atoms with Gasteiger partial charge in [0.05, 0.1) is 16.4 Å². The van der Waals surface area contributed by atoms with Crippen LogP contribution >= 0.6 is 0 Å². The molecule has 0 bridgehead atoms. The number of anilines is 1. The fourth-order valence-corrected chi connectivity index (χ4v) is 4.82. The molecule has 2 aromatic carbocycles. The molecule has 2 aromatic rings. The molecule has 2 rings (SSSR count). The van der Waals surface area contributed by atoms with E-state index in [2.05, 4.69) is 10.0 Å². The van der Waals surface area contributed by atoms with Crippen molar-refractivity contribution in [1.82, 2.24) is 9.03 Å². The Labute approximate surface area is 183 Å². The second-order valence-electron chi connectivity index (χ2n) is 6.87. The van der Waals surface area contributed by atoms with Crippen LogP contribution in [0.15, 0.2) is 52.3 Å². The van der Waals surface area contributed by atoms with Crippen molar-refractivity contribution < 1.29 is 26.4 Å². The molecule has 0 spiro atoms. The molecular weight excluding hydrogens is 442 g/mol. The molecule has 0 unspecified atom stereocenters. The van der Waals surface area contributed by atoms with Crippen molar-refractivity contribution in [2.45, 2.75) is 30.1 Å². The van der Waals surface area contributed by atoms with Gasteiger partial charge in [0.15, 0.2) is 0 Å². The van der Waals surface area contributed by atoms with Gasteiger partial charge in [-0.15, -0.1) is 0 Å². The van der Waals surface area contributed by atoms with Crippen molar-refractivity contribution >= 4 is 31.6 Å². The fourth-order valence-electron chi connectivity index (χ4n) is 2.64. The first-order valence-electron chi connectivity index (χ1n) is 9.53. The zero-order chi connectivity index (χ0) is 23.2. The van der Waals surface area contributed by atoms with Gasteiger partial charge in [-0.25, -0.2) is 25.9 Å². The number of nitrogens with one attached hydrogen (secondary N) is 2. The Balaban J connectivity index is 1.98. The minimum atomic E-state index is -3.77. The van der Waals surface area contributed by atoms with Crippen molar-refractivity contribution in [2.75, 3.05) is 32.6 Å². The molecule has 170 valence electrons. The van der Waals surface area contributed by atoms with Gasteiger partial charge >= 0.3 is 0 Å². The van der Waals surface area contributed by atoms with Crippen molar-refractivity contribution in [2.24, 2.45) is 0 Å². The third kappa shape index (κ3) is 6.50. The molecule has 0 aliphatic carbocycles. The highest BCUT2D eigenvalue weighted by molar-refractivity contribution is 7.89. The van der Waals surface area contributed by atoms with Gasteiger partial charge in [0.25, 0.3) is 0 Å². The number of ether oxygens (including phenoxy) is 1. The molecule has 0 aromatic heterocycles. The first kappa shape index (κ1) is 24.8. The molecule has 0 saturated carbocycles. The van der Waals surface area contributed by atoms with Crippen LogP contribution in [0.4, 0.5) is 5.69 Å². The van der Waals surface area contributed by atoms with Gasteiger partial charge in [-0.1, -0.05) is 6.07 Å². The molecule has 2 N–H and O–H groups in total. The first-order valence-corrected chi connectivity index (χ1v) is 12.4. The van der Waals surface area contributed by atoms with Crippen LogP contribution in [0, 0.1) is 6.92 Å². The SMILES string of the molecule is CCOc1ccc(S(=O)(=O)NCCC(=O)Nc2ccc(C)c(S(=O)(=O)N(C)C)c2)cc1. The Morgan fingerprint density at radius 1 is 1.03 bits per heavy atom. The minimum absolute atomic E-state index is 0.0634. The number of carbonyl (C=O) groups is 1. The van der Waals surface area contributed by atoms with Gasteiger partial charge in [-0.05, 0) is 55.8 Å². The Hall–Kier alpha value is -2.47. The Bertz CT molecular complexity index is 1130. The van der Waals surface area contributed by atoms with Crippen LogP contribution in [0.2, 0.25) is 0 Å². The maximum Gasteiger partial charge on any atom is 0.242 e. The summed E-state index contributed by atoms with van der Waals surface area (Å²) < 4.78 is 58.2. The highest BCUT2D eigenvalue weighted by Gasteiger charge is 2.20. The van der Waals surface area contributed by atoms with Gasteiger partial charge < -0.3 is 10.1 Å². The summed E-state index contributed by atoms with van der Waals surface area (Å²) in [6, 6.07) is 10.5. The standard InChI is InChI=1S/C20H27N3O6S2/c1-5-29-17-8-10-18(11-9-17)30(25,26)21-13-12-20(24)22-16-7-6-15(2)19(14-16)31(27,28)23(3)4/h6-11,14,21H,5,12-13H2,1-4H3,(H,22,24). The van der Waals surface area contributed by atoms with Crippen LogP contribution in [0.25, 0.3) is 0 Å². The van der Waals surface area contributed by atoms with E-state index in [1.807, 2.05) is 6.92 Å². The third-order valence-electron chi connectivity index (χ3n) is 4.32. The van der Waals surface area contributed by atoms with E-state index in [9.17, 15) is 21.6 Å². The minimum Gasteiger partial charge on any atom is -0.494 e. The van der Waals surface area contributed by atoms with Crippen molar-refractivity contribution in [3.8, 4) is 5.75 Å². The largest absolute Gasteiger partial charge is 0.494 e. The number of hydrogen-bond donors (Lipinski definition) is 2. The second-order valence-corrected chi connectivity index (χ2v) is 10.8. The first-order chi connectivity index (χ1) is 14.5. The van der Waals surface area contributed by atoms with Crippen LogP contribution in [-0.2, 0) is 24.8 Å². The molecule has 0 fully saturated rings. The molecule has 31 heavy (non-hydrogen) atoms. The number of carbonyl (C=O) groups excluding carboxylic acids is 1.